The second kappa shape index (κ2) is 7.49. The number of halogens is 1. The van der Waals surface area contributed by atoms with E-state index in [9.17, 15) is 17.6 Å². The minimum atomic E-state index is -3.22. The lowest BCUT2D eigenvalue weighted by atomic mass is 10.0. The van der Waals surface area contributed by atoms with E-state index in [1.54, 1.807) is 6.07 Å². The first-order valence-corrected chi connectivity index (χ1v) is 10.4. The second-order valence-corrected chi connectivity index (χ2v) is 8.71. The molecule has 1 amide bonds. The molecule has 1 aromatic carbocycles. The molecule has 1 fully saturated rings. The lowest BCUT2D eigenvalue weighted by Gasteiger charge is -2.34. The number of nitrogens with zero attached hydrogens (tertiary/aromatic N) is 1. The number of benzene rings is 1. The van der Waals surface area contributed by atoms with Gasteiger partial charge in [-0.05, 0) is 43.2 Å². The fourth-order valence-electron chi connectivity index (χ4n) is 3.09. The van der Waals surface area contributed by atoms with E-state index in [4.69, 9.17) is 4.42 Å². The van der Waals surface area contributed by atoms with Gasteiger partial charge in [-0.2, -0.15) is 0 Å². The number of anilines is 1. The number of carbonyl (C=O) groups is 1. The largest absolute Gasteiger partial charge is 0.455 e. The van der Waals surface area contributed by atoms with Gasteiger partial charge < -0.3 is 14.6 Å². The Morgan fingerprint density at radius 3 is 2.88 bits per heavy atom. The molecule has 0 bridgehead atoms. The number of sulfone groups is 1. The molecular weight excluding hydrogens is 359 g/mol. The molecule has 0 aliphatic carbocycles. The van der Waals surface area contributed by atoms with E-state index in [0.29, 0.717) is 6.54 Å². The highest BCUT2D eigenvalue weighted by atomic mass is 32.2. The molecule has 140 valence electrons. The van der Waals surface area contributed by atoms with Crippen molar-refractivity contribution in [2.24, 2.45) is 0 Å². The normalized spacial score (nSPS) is 17.9. The standard InChI is InChI=1S/C18H21FN2O4S/c1-26(23,24)12-16-7-8-17(25-16)18(22)20-14-5-3-9-21(11-14)15-6-2-4-13(19)10-15/h2,4,6-8,10,14H,3,5,9,11-12H2,1H3,(H,20,22)/t14-/m0/s1. The van der Waals surface area contributed by atoms with E-state index in [1.807, 2.05) is 11.0 Å². The summed E-state index contributed by atoms with van der Waals surface area (Å²) in [6, 6.07) is 9.27. The first-order chi connectivity index (χ1) is 12.3. The van der Waals surface area contributed by atoms with Crippen LogP contribution in [-0.2, 0) is 15.6 Å². The molecule has 26 heavy (non-hydrogen) atoms. The summed E-state index contributed by atoms with van der Waals surface area (Å²) in [6.45, 7) is 1.38. The Labute approximate surface area is 151 Å². The van der Waals surface area contributed by atoms with Gasteiger partial charge in [0.05, 0.1) is 0 Å². The number of furan rings is 1. The third kappa shape index (κ3) is 4.85. The van der Waals surface area contributed by atoms with Crippen molar-refractivity contribution in [1.29, 1.82) is 0 Å². The molecule has 0 radical (unpaired) electrons. The predicted octanol–water partition coefficient (Wildman–Crippen LogP) is 2.36. The molecule has 1 N–H and O–H groups in total. The van der Waals surface area contributed by atoms with E-state index in [1.165, 1.54) is 24.3 Å². The van der Waals surface area contributed by atoms with Crippen LogP contribution in [0.5, 0.6) is 0 Å². The smallest absolute Gasteiger partial charge is 0.287 e. The Bertz CT molecular complexity index is 894. The zero-order chi connectivity index (χ0) is 18.7. The van der Waals surface area contributed by atoms with Crippen molar-refractivity contribution >= 4 is 21.4 Å². The van der Waals surface area contributed by atoms with Crippen LogP contribution >= 0.6 is 0 Å². The molecule has 1 saturated heterocycles. The van der Waals surface area contributed by atoms with Gasteiger partial charge in [0.1, 0.15) is 17.3 Å². The SMILES string of the molecule is CS(=O)(=O)Cc1ccc(C(=O)N[C@H]2CCCN(c3cccc(F)c3)C2)o1. The number of rotatable bonds is 5. The molecule has 3 rings (SSSR count). The van der Waals surface area contributed by atoms with E-state index in [2.05, 4.69) is 5.32 Å². The molecule has 6 nitrogen and oxygen atoms in total. The zero-order valence-electron chi connectivity index (χ0n) is 14.4. The van der Waals surface area contributed by atoms with Gasteiger partial charge in [0, 0.05) is 31.1 Å². The van der Waals surface area contributed by atoms with Crippen molar-refractivity contribution in [3.63, 3.8) is 0 Å². The highest BCUT2D eigenvalue weighted by Crippen LogP contribution is 2.21. The fourth-order valence-corrected chi connectivity index (χ4v) is 3.77. The third-order valence-corrected chi connectivity index (χ3v) is 5.03. The molecule has 2 aromatic rings. The molecule has 1 aromatic heterocycles. The van der Waals surface area contributed by atoms with Crippen LogP contribution in [0.1, 0.15) is 29.2 Å². The Balaban J connectivity index is 1.62. The van der Waals surface area contributed by atoms with E-state index in [0.717, 1.165) is 31.3 Å². The molecular formula is C18H21FN2O4S. The minimum absolute atomic E-state index is 0.0894. The summed E-state index contributed by atoms with van der Waals surface area (Å²) >= 11 is 0. The number of piperidine rings is 1. The fraction of sp³-hybridized carbons (Fsp3) is 0.389. The summed E-state index contributed by atoms with van der Waals surface area (Å²) in [5.74, 6) is -0.579. The predicted molar refractivity (Wildman–Crippen MR) is 96.4 cm³/mol. The van der Waals surface area contributed by atoms with Gasteiger partial charge in [-0.15, -0.1) is 0 Å². The number of nitrogens with one attached hydrogen (secondary N) is 1. The zero-order valence-corrected chi connectivity index (χ0v) is 15.3. The van der Waals surface area contributed by atoms with Crippen molar-refractivity contribution < 1.29 is 22.0 Å². The van der Waals surface area contributed by atoms with E-state index in [-0.39, 0.29) is 35.0 Å². The first kappa shape index (κ1) is 18.4. The quantitative estimate of drug-likeness (QED) is 0.861. The van der Waals surface area contributed by atoms with E-state index < -0.39 is 9.84 Å². The van der Waals surface area contributed by atoms with Crippen LogP contribution in [0.2, 0.25) is 0 Å². The van der Waals surface area contributed by atoms with Crippen molar-refractivity contribution in [2.75, 3.05) is 24.2 Å². The average Bonchev–Trinajstić information content (AvgIpc) is 3.02. The van der Waals surface area contributed by atoms with Crippen molar-refractivity contribution in [3.05, 3.63) is 53.7 Å². The highest BCUT2D eigenvalue weighted by molar-refractivity contribution is 7.89. The van der Waals surface area contributed by atoms with Crippen molar-refractivity contribution in [2.45, 2.75) is 24.6 Å². The molecule has 0 spiro atoms. The summed E-state index contributed by atoms with van der Waals surface area (Å²) < 4.78 is 41.4. The maximum absolute atomic E-state index is 13.4. The number of amides is 1. The molecule has 8 heteroatoms. The number of carbonyl (C=O) groups excluding carboxylic acids is 1. The summed E-state index contributed by atoms with van der Waals surface area (Å²) in [7, 11) is -3.22. The van der Waals surface area contributed by atoms with Gasteiger partial charge in [0.15, 0.2) is 15.6 Å². The van der Waals surface area contributed by atoms with Gasteiger partial charge in [-0.1, -0.05) is 6.07 Å². The van der Waals surface area contributed by atoms with Crippen LogP contribution in [0.3, 0.4) is 0 Å². The van der Waals surface area contributed by atoms with Gasteiger partial charge in [-0.3, -0.25) is 4.79 Å². The third-order valence-electron chi connectivity index (χ3n) is 4.22. The lowest BCUT2D eigenvalue weighted by Crippen LogP contribution is -2.47. The van der Waals surface area contributed by atoms with Crippen LogP contribution in [0.15, 0.2) is 40.8 Å². The Morgan fingerprint density at radius 1 is 1.35 bits per heavy atom. The summed E-state index contributed by atoms with van der Waals surface area (Å²) in [4.78, 5) is 14.4. The minimum Gasteiger partial charge on any atom is -0.455 e. The highest BCUT2D eigenvalue weighted by Gasteiger charge is 2.23. The van der Waals surface area contributed by atoms with Gasteiger partial charge in [0.2, 0.25) is 0 Å². The second-order valence-electron chi connectivity index (χ2n) is 6.57. The topological polar surface area (TPSA) is 79.6 Å². The van der Waals surface area contributed by atoms with Crippen LogP contribution < -0.4 is 10.2 Å². The number of hydrogen-bond donors (Lipinski definition) is 1. The average molecular weight is 380 g/mol. The summed E-state index contributed by atoms with van der Waals surface area (Å²) in [5.41, 5.74) is 0.789. The summed E-state index contributed by atoms with van der Waals surface area (Å²) in [6.07, 6.45) is 2.80. The van der Waals surface area contributed by atoms with Crippen LogP contribution in [0.4, 0.5) is 10.1 Å². The molecule has 2 heterocycles. The van der Waals surface area contributed by atoms with Crippen LogP contribution in [0, 0.1) is 5.82 Å². The Hall–Kier alpha value is -2.35. The summed E-state index contributed by atoms with van der Waals surface area (Å²) in [5, 5.41) is 2.91. The van der Waals surface area contributed by atoms with Crippen molar-refractivity contribution in [3.8, 4) is 0 Å². The van der Waals surface area contributed by atoms with Crippen LogP contribution in [0.25, 0.3) is 0 Å². The first-order valence-electron chi connectivity index (χ1n) is 8.38. The van der Waals surface area contributed by atoms with Gasteiger partial charge in [-0.25, -0.2) is 12.8 Å². The molecule has 0 saturated carbocycles. The molecule has 0 unspecified atom stereocenters. The Kier molecular flexibility index (Phi) is 5.31. The monoisotopic (exact) mass is 380 g/mol. The molecule has 1 aliphatic rings. The molecule has 1 aliphatic heterocycles. The number of hydrogen-bond acceptors (Lipinski definition) is 5. The maximum Gasteiger partial charge on any atom is 0.287 e. The van der Waals surface area contributed by atoms with E-state index >= 15 is 0 Å². The Morgan fingerprint density at radius 2 is 2.15 bits per heavy atom. The lowest BCUT2D eigenvalue weighted by molar-refractivity contribution is 0.0903. The van der Waals surface area contributed by atoms with Crippen molar-refractivity contribution in [1.82, 2.24) is 5.32 Å². The van der Waals surface area contributed by atoms with Gasteiger partial charge >= 0.3 is 0 Å². The molecule has 1 atom stereocenters. The van der Waals surface area contributed by atoms with Gasteiger partial charge in [0.25, 0.3) is 5.91 Å². The van der Waals surface area contributed by atoms with Crippen LogP contribution in [-0.4, -0.2) is 39.7 Å². The maximum atomic E-state index is 13.4.